The summed E-state index contributed by atoms with van der Waals surface area (Å²) in [6.07, 6.45) is 4.24. The molecule has 1 saturated heterocycles. The minimum absolute atomic E-state index is 0.541. The first-order valence-corrected chi connectivity index (χ1v) is 8.32. The van der Waals surface area contributed by atoms with Crippen molar-refractivity contribution in [2.75, 3.05) is 25.0 Å². The second kappa shape index (κ2) is 6.79. The van der Waals surface area contributed by atoms with E-state index in [0.717, 1.165) is 25.2 Å². The van der Waals surface area contributed by atoms with E-state index in [0.29, 0.717) is 5.56 Å². The van der Waals surface area contributed by atoms with E-state index in [2.05, 4.69) is 9.88 Å². The lowest BCUT2D eigenvalue weighted by atomic mass is 9.94. The van der Waals surface area contributed by atoms with Gasteiger partial charge in [-0.2, -0.15) is 0 Å². The minimum atomic E-state index is -1.13. The van der Waals surface area contributed by atoms with Crippen molar-refractivity contribution < 1.29 is 14.3 Å². The highest BCUT2D eigenvalue weighted by atomic mass is 16.6. The van der Waals surface area contributed by atoms with Crippen molar-refractivity contribution in [3.05, 3.63) is 23.9 Å². The van der Waals surface area contributed by atoms with Gasteiger partial charge in [-0.15, -0.1) is 0 Å². The average molecular weight is 333 g/mol. The van der Waals surface area contributed by atoms with Crippen molar-refractivity contribution in [3.63, 3.8) is 0 Å². The van der Waals surface area contributed by atoms with Gasteiger partial charge >= 0.3 is 6.09 Å². The largest absolute Gasteiger partial charge is 0.444 e. The number of likely N-dealkylation sites (N-methyl/N-ethyl adjacent to an activating group) is 1. The van der Waals surface area contributed by atoms with Crippen LogP contribution < -0.4 is 4.90 Å². The molecule has 6 heteroatoms. The Morgan fingerprint density at radius 1 is 1.25 bits per heavy atom. The lowest BCUT2D eigenvalue weighted by Crippen LogP contribution is -2.48. The Labute approximate surface area is 143 Å². The number of amides is 1. The van der Waals surface area contributed by atoms with Crippen LogP contribution in [0.3, 0.4) is 0 Å². The molecule has 6 nitrogen and oxygen atoms in total. The Balaban J connectivity index is 2.21. The van der Waals surface area contributed by atoms with Gasteiger partial charge in [-0.25, -0.2) is 9.78 Å². The molecule has 0 spiro atoms. The molecule has 1 fully saturated rings. The molecule has 1 aromatic heterocycles. The summed E-state index contributed by atoms with van der Waals surface area (Å²) < 4.78 is 5.37. The molecule has 2 rings (SSSR count). The Morgan fingerprint density at radius 3 is 2.33 bits per heavy atom. The number of anilines is 1. The van der Waals surface area contributed by atoms with Crippen LogP contribution in [-0.2, 0) is 15.1 Å². The van der Waals surface area contributed by atoms with Gasteiger partial charge < -0.3 is 14.4 Å². The van der Waals surface area contributed by atoms with Crippen LogP contribution in [0, 0.1) is 0 Å². The monoisotopic (exact) mass is 333 g/mol. The van der Waals surface area contributed by atoms with E-state index in [-0.39, 0.29) is 0 Å². The zero-order chi connectivity index (χ0) is 18.0. The molecular weight excluding hydrogens is 306 g/mol. The lowest BCUT2D eigenvalue weighted by molar-refractivity contribution is -0.117. The van der Waals surface area contributed by atoms with Crippen LogP contribution in [0.1, 0.15) is 46.1 Å². The third-order valence-electron chi connectivity index (χ3n) is 4.36. The van der Waals surface area contributed by atoms with Crippen molar-refractivity contribution in [2.45, 2.75) is 51.7 Å². The lowest BCUT2D eigenvalue weighted by Gasteiger charge is -2.35. The van der Waals surface area contributed by atoms with Crippen molar-refractivity contribution in [2.24, 2.45) is 0 Å². The van der Waals surface area contributed by atoms with E-state index in [4.69, 9.17) is 4.74 Å². The molecule has 0 saturated carbocycles. The number of ether oxygens (including phenoxy) is 1. The number of hydrogen-bond donors (Lipinski definition) is 0. The molecule has 24 heavy (non-hydrogen) atoms. The standard InChI is InChI=1S/C18H27N3O3/c1-17(2,3)24-16(23)20(5)18(4,13-22)14-8-9-15(19-12-14)21-10-6-7-11-21/h8-9,12-13H,6-7,10-11H2,1-5H3. The van der Waals surface area contributed by atoms with Gasteiger partial charge in [0.25, 0.3) is 0 Å². The Kier molecular flexibility index (Phi) is 5.16. The maximum absolute atomic E-state index is 12.3. The van der Waals surface area contributed by atoms with Crippen molar-refractivity contribution in [1.29, 1.82) is 0 Å². The van der Waals surface area contributed by atoms with Crippen LogP contribution in [0.2, 0.25) is 0 Å². The molecule has 1 unspecified atom stereocenters. The highest BCUT2D eigenvalue weighted by Gasteiger charge is 2.37. The van der Waals surface area contributed by atoms with Gasteiger partial charge in [0.1, 0.15) is 23.2 Å². The molecule has 1 atom stereocenters. The highest BCUT2D eigenvalue weighted by molar-refractivity contribution is 5.77. The molecular formula is C18H27N3O3. The predicted octanol–water partition coefficient (Wildman–Crippen LogP) is 2.96. The number of pyridine rings is 1. The fourth-order valence-corrected chi connectivity index (χ4v) is 2.68. The molecule has 1 aromatic rings. The summed E-state index contributed by atoms with van der Waals surface area (Å²) in [6, 6.07) is 3.77. The fraction of sp³-hybridized carbons (Fsp3) is 0.611. The van der Waals surface area contributed by atoms with Crippen LogP contribution in [0.4, 0.5) is 10.6 Å². The minimum Gasteiger partial charge on any atom is -0.444 e. The Hall–Kier alpha value is -2.11. The summed E-state index contributed by atoms with van der Waals surface area (Å²) in [7, 11) is 1.57. The van der Waals surface area contributed by atoms with Crippen LogP contribution in [0.25, 0.3) is 0 Å². The van der Waals surface area contributed by atoms with E-state index in [1.165, 1.54) is 17.7 Å². The van der Waals surface area contributed by atoms with Gasteiger partial charge in [0.15, 0.2) is 0 Å². The van der Waals surface area contributed by atoms with Crippen molar-refractivity contribution >= 4 is 18.2 Å². The second-order valence-electron chi connectivity index (χ2n) is 7.40. The van der Waals surface area contributed by atoms with Gasteiger partial charge in [0.05, 0.1) is 0 Å². The molecule has 132 valence electrons. The molecule has 0 radical (unpaired) electrons. The summed E-state index contributed by atoms with van der Waals surface area (Å²) in [4.78, 5) is 32.1. The van der Waals surface area contributed by atoms with E-state index < -0.39 is 17.2 Å². The number of hydrogen-bond acceptors (Lipinski definition) is 5. The Morgan fingerprint density at radius 2 is 1.88 bits per heavy atom. The Bertz CT molecular complexity index is 589. The van der Waals surface area contributed by atoms with E-state index in [9.17, 15) is 9.59 Å². The number of aldehydes is 1. The van der Waals surface area contributed by atoms with Gasteiger partial charge in [-0.1, -0.05) is 6.07 Å². The van der Waals surface area contributed by atoms with Gasteiger partial charge in [-0.05, 0) is 46.6 Å². The fourth-order valence-electron chi connectivity index (χ4n) is 2.68. The molecule has 0 aliphatic carbocycles. The molecule has 1 aliphatic heterocycles. The SMILES string of the molecule is CN(C(=O)OC(C)(C)C)C(C)(C=O)c1ccc(N2CCCC2)nc1. The highest BCUT2D eigenvalue weighted by Crippen LogP contribution is 2.28. The van der Waals surface area contributed by atoms with Crippen LogP contribution in [0.5, 0.6) is 0 Å². The molecule has 1 aliphatic rings. The van der Waals surface area contributed by atoms with Crippen LogP contribution >= 0.6 is 0 Å². The maximum atomic E-state index is 12.3. The van der Waals surface area contributed by atoms with E-state index in [1.54, 1.807) is 40.9 Å². The first-order valence-electron chi connectivity index (χ1n) is 8.32. The third kappa shape index (κ3) is 3.86. The van der Waals surface area contributed by atoms with E-state index >= 15 is 0 Å². The van der Waals surface area contributed by atoms with Crippen LogP contribution in [0.15, 0.2) is 18.3 Å². The topological polar surface area (TPSA) is 62.7 Å². The van der Waals surface area contributed by atoms with Crippen LogP contribution in [-0.4, -0.2) is 48.0 Å². The zero-order valence-electron chi connectivity index (χ0n) is 15.2. The normalized spacial score (nSPS) is 17.3. The molecule has 0 N–H and O–H groups in total. The van der Waals surface area contributed by atoms with Gasteiger partial charge in [-0.3, -0.25) is 4.90 Å². The van der Waals surface area contributed by atoms with Crippen molar-refractivity contribution in [3.8, 4) is 0 Å². The molecule has 1 amide bonds. The first-order chi connectivity index (χ1) is 11.2. The number of rotatable bonds is 4. The zero-order valence-corrected chi connectivity index (χ0v) is 15.2. The second-order valence-corrected chi connectivity index (χ2v) is 7.40. The number of carbonyl (C=O) groups excluding carboxylic acids is 2. The quantitative estimate of drug-likeness (QED) is 0.793. The summed E-state index contributed by atoms with van der Waals surface area (Å²) >= 11 is 0. The summed E-state index contributed by atoms with van der Waals surface area (Å²) in [5.74, 6) is 0.907. The van der Waals surface area contributed by atoms with E-state index in [1.807, 2.05) is 12.1 Å². The van der Waals surface area contributed by atoms with Gasteiger partial charge in [0, 0.05) is 31.9 Å². The summed E-state index contributed by atoms with van der Waals surface area (Å²) in [5, 5.41) is 0. The van der Waals surface area contributed by atoms with Crippen molar-refractivity contribution in [1.82, 2.24) is 9.88 Å². The number of aromatic nitrogens is 1. The number of carbonyl (C=O) groups is 2. The third-order valence-corrected chi connectivity index (χ3v) is 4.36. The summed E-state index contributed by atoms with van der Waals surface area (Å²) in [5.41, 5.74) is -1.08. The molecule has 2 heterocycles. The first kappa shape index (κ1) is 18.2. The predicted molar refractivity (Wildman–Crippen MR) is 93.1 cm³/mol. The molecule has 0 bridgehead atoms. The smallest absolute Gasteiger partial charge is 0.411 e. The maximum Gasteiger partial charge on any atom is 0.411 e. The summed E-state index contributed by atoms with van der Waals surface area (Å²) in [6.45, 7) is 9.09. The van der Waals surface area contributed by atoms with Gasteiger partial charge in [0.2, 0.25) is 0 Å². The molecule has 0 aromatic carbocycles. The number of nitrogens with zero attached hydrogens (tertiary/aromatic N) is 3. The average Bonchev–Trinajstić information content (AvgIpc) is 3.06.